The van der Waals surface area contributed by atoms with Crippen LogP contribution in [0.15, 0.2) is 21.6 Å². The van der Waals surface area contributed by atoms with Gasteiger partial charge in [-0.2, -0.15) is 4.31 Å². The van der Waals surface area contributed by atoms with Gasteiger partial charge < -0.3 is 0 Å². The van der Waals surface area contributed by atoms with Crippen molar-refractivity contribution in [2.75, 3.05) is 6.54 Å². The molecular weight excluding hydrogens is 364 g/mol. The summed E-state index contributed by atoms with van der Waals surface area (Å²) in [5.74, 6) is 0. The molecule has 0 aromatic carbocycles. The first-order valence-corrected chi connectivity index (χ1v) is 9.90. The van der Waals surface area contributed by atoms with Crippen LogP contribution in [0.5, 0.6) is 0 Å². The predicted molar refractivity (Wildman–Crippen MR) is 90.1 cm³/mol. The third-order valence-corrected chi connectivity index (χ3v) is 7.64. The highest BCUT2D eigenvalue weighted by Gasteiger charge is 2.53. The van der Waals surface area contributed by atoms with Gasteiger partial charge in [0.05, 0.1) is 5.69 Å². The summed E-state index contributed by atoms with van der Waals surface area (Å²) >= 11 is 3.39. The molecule has 2 aliphatic rings. The van der Waals surface area contributed by atoms with E-state index in [4.69, 9.17) is 0 Å². The van der Waals surface area contributed by atoms with Crippen molar-refractivity contribution >= 4 is 26.0 Å². The second kappa shape index (κ2) is 5.02. The quantitative estimate of drug-likeness (QED) is 0.777. The van der Waals surface area contributed by atoms with Gasteiger partial charge in [0.15, 0.2) is 0 Å². The van der Waals surface area contributed by atoms with Crippen LogP contribution in [-0.4, -0.2) is 30.3 Å². The summed E-state index contributed by atoms with van der Waals surface area (Å²) in [6.45, 7) is 9.19. The molecule has 1 aromatic rings. The van der Waals surface area contributed by atoms with E-state index in [0.717, 1.165) is 29.4 Å². The number of rotatable bonds is 2. The van der Waals surface area contributed by atoms with Crippen LogP contribution in [0, 0.1) is 17.8 Å². The minimum Gasteiger partial charge on any atom is -0.259 e. The minimum atomic E-state index is -3.48. The van der Waals surface area contributed by atoms with Gasteiger partial charge in [0.25, 0.3) is 0 Å². The molecule has 122 valence electrons. The normalized spacial score (nSPS) is 31.4. The summed E-state index contributed by atoms with van der Waals surface area (Å²) in [6.07, 6.45) is 4.46. The van der Waals surface area contributed by atoms with E-state index in [0.29, 0.717) is 11.4 Å². The Balaban J connectivity index is 1.98. The number of aromatic nitrogens is 1. The Morgan fingerprint density at radius 2 is 2.00 bits per heavy atom. The number of hydrogen-bond donors (Lipinski definition) is 0. The van der Waals surface area contributed by atoms with Crippen molar-refractivity contribution in [1.29, 1.82) is 0 Å². The number of halogens is 1. The van der Waals surface area contributed by atoms with Crippen LogP contribution in [0.3, 0.4) is 0 Å². The maximum absolute atomic E-state index is 13.1. The molecule has 2 fully saturated rings. The predicted octanol–water partition coefficient (Wildman–Crippen LogP) is 3.74. The zero-order chi connectivity index (χ0) is 16.3. The van der Waals surface area contributed by atoms with Crippen molar-refractivity contribution in [3.63, 3.8) is 0 Å². The van der Waals surface area contributed by atoms with Crippen LogP contribution >= 0.6 is 15.9 Å². The molecule has 1 saturated carbocycles. The van der Waals surface area contributed by atoms with Gasteiger partial charge in [-0.25, -0.2) is 8.42 Å². The summed E-state index contributed by atoms with van der Waals surface area (Å²) < 4.78 is 28.6. The molecule has 4 nitrogen and oxygen atoms in total. The molecule has 2 atom stereocenters. The Labute approximate surface area is 141 Å². The Bertz CT molecular complexity index is 717. The lowest BCUT2D eigenvalue weighted by atomic mass is 9.65. The summed E-state index contributed by atoms with van der Waals surface area (Å²) in [5, 5.41) is 0. The topological polar surface area (TPSA) is 50.3 Å². The fourth-order valence-electron chi connectivity index (χ4n) is 4.45. The first-order valence-electron chi connectivity index (χ1n) is 7.67. The van der Waals surface area contributed by atoms with E-state index in [2.05, 4.69) is 41.7 Å². The van der Waals surface area contributed by atoms with E-state index in [1.165, 1.54) is 6.20 Å². The van der Waals surface area contributed by atoms with Gasteiger partial charge in [-0.3, -0.25) is 4.98 Å². The highest BCUT2D eigenvalue weighted by atomic mass is 79.9. The van der Waals surface area contributed by atoms with E-state index in [-0.39, 0.29) is 16.9 Å². The fourth-order valence-corrected chi connectivity index (χ4v) is 6.70. The van der Waals surface area contributed by atoms with Crippen LogP contribution in [0.25, 0.3) is 0 Å². The molecule has 0 amide bonds. The first-order chi connectivity index (χ1) is 10.0. The fraction of sp³-hybridized carbons (Fsp3) is 0.688. The number of pyridine rings is 1. The van der Waals surface area contributed by atoms with Gasteiger partial charge in [-0.05, 0) is 59.0 Å². The third kappa shape index (κ3) is 2.74. The van der Waals surface area contributed by atoms with E-state index >= 15 is 0 Å². The number of hydrogen-bond acceptors (Lipinski definition) is 3. The van der Waals surface area contributed by atoms with Crippen molar-refractivity contribution in [2.24, 2.45) is 10.8 Å². The van der Waals surface area contributed by atoms with Gasteiger partial charge in [-0.15, -0.1) is 0 Å². The number of nitrogens with zero attached hydrogens (tertiary/aromatic N) is 2. The van der Waals surface area contributed by atoms with Crippen molar-refractivity contribution < 1.29 is 8.42 Å². The SMILES string of the molecule is Cc1ncc(S(=O)(=O)N2CC3(C)CC2CC(C)(C)C3)cc1Br. The lowest BCUT2D eigenvalue weighted by Gasteiger charge is -2.39. The zero-order valence-electron chi connectivity index (χ0n) is 13.6. The second-order valence-electron chi connectivity index (χ2n) is 8.00. The molecule has 1 aromatic heterocycles. The molecule has 0 spiro atoms. The molecule has 6 heteroatoms. The van der Waals surface area contributed by atoms with Crippen LogP contribution in [-0.2, 0) is 10.0 Å². The van der Waals surface area contributed by atoms with Gasteiger partial charge in [0, 0.05) is 23.3 Å². The van der Waals surface area contributed by atoms with E-state index in [1.807, 2.05) is 6.92 Å². The Hall–Kier alpha value is -0.460. The molecule has 1 aliphatic carbocycles. The molecule has 1 saturated heterocycles. The maximum Gasteiger partial charge on any atom is 0.244 e. The molecule has 2 heterocycles. The average molecular weight is 387 g/mol. The van der Waals surface area contributed by atoms with Crippen molar-refractivity contribution in [1.82, 2.24) is 9.29 Å². The lowest BCUT2D eigenvalue weighted by Crippen LogP contribution is -2.37. The maximum atomic E-state index is 13.1. The van der Waals surface area contributed by atoms with E-state index < -0.39 is 10.0 Å². The summed E-state index contributed by atoms with van der Waals surface area (Å²) in [5.41, 5.74) is 1.09. The second-order valence-corrected chi connectivity index (χ2v) is 10.7. The highest BCUT2D eigenvalue weighted by Crippen LogP contribution is 2.53. The largest absolute Gasteiger partial charge is 0.259 e. The molecular formula is C16H23BrN2O2S. The van der Waals surface area contributed by atoms with Crippen molar-refractivity contribution in [3.8, 4) is 0 Å². The van der Waals surface area contributed by atoms with Crippen molar-refractivity contribution in [3.05, 3.63) is 22.4 Å². The Kier molecular flexibility index (Phi) is 3.74. The smallest absolute Gasteiger partial charge is 0.244 e. The third-order valence-electron chi connectivity index (χ3n) is 4.97. The minimum absolute atomic E-state index is 0.0921. The summed E-state index contributed by atoms with van der Waals surface area (Å²) in [6, 6.07) is 1.78. The van der Waals surface area contributed by atoms with E-state index in [9.17, 15) is 8.42 Å². The summed E-state index contributed by atoms with van der Waals surface area (Å²) in [7, 11) is -3.48. The number of aryl methyl sites for hydroxylation is 1. The highest BCUT2D eigenvalue weighted by molar-refractivity contribution is 9.10. The van der Waals surface area contributed by atoms with Gasteiger partial charge in [0.1, 0.15) is 4.90 Å². The number of sulfonamides is 1. The standard InChI is InChI=1S/C16H23BrN2O2S/c1-11-14(17)5-13(8-18-11)22(20,21)19-10-16(4)7-12(19)6-15(2,3)9-16/h5,8,12H,6-7,9-10H2,1-4H3. The zero-order valence-corrected chi connectivity index (χ0v) is 16.0. The van der Waals surface area contributed by atoms with Crippen LogP contribution in [0.4, 0.5) is 0 Å². The molecule has 0 radical (unpaired) electrons. The van der Waals surface area contributed by atoms with Crippen LogP contribution in [0.2, 0.25) is 0 Å². The number of fused-ring (bicyclic) bond motifs is 2. The summed E-state index contributed by atoms with van der Waals surface area (Å²) in [4.78, 5) is 4.49. The first kappa shape index (κ1) is 16.4. The van der Waals surface area contributed by atoms with Crippen molar-refractivity contribution in [2.45, 2.75) is 57.9 Å². The molecule has 2 bridgehead atoms. The molecule has 0 N–H and O–H groups in total. The van der Waals surface area contributed by atoms with Crippen LogP contribution < -0.4 is 0 Å². The van der Waals surface area contributed by atoms with Crippen LogP contribution in [0.1, 0.15) is 45.7 Å². The molecule has 2 unspecified atom stereocenters. The Morgan fingerprint density at radius 1 is 1.32 bits per heavy atom. The monoisotopic (exact) mass is 386 g/mol. The molecule has 22 heavy (non-hydrogen) atoms. The Morgan fingerprint density at radius 3 is 2.64 bits per heavy atom. The average Bonchev–Trinajstić information content (AvgIpc) is 2.62. The van der Waals surface area contributed by atoms with E-state index in [1.54, 1.807) is 10.4 Å². The van der Waals surface area contributed by atoms with Gasteiger partial charge >= 0.3 is 0 Å². The lowest BCUT2D eigenvalue weighted by molar-refractivity contribution is 0.133. The molecule has 3 rings (SSSR count). The molecule has 1 aliphatic heterocycles. The van der Waals surface area contributed by atoms with Gasteiger partial charge in [0.2, 0.25) is 10.0 Å². The van der Waals surface area contributed by atoms with Gasteiger partial charge in [-0.1, -0.05) is 20.8 Å².